The van der Waals surface area contributed by atoms with E-state index in [-0.39, 0.29) is 18.4 Å². The molecule has 3 N–H and O–H groups in total. The highest BCUT2D eigenvalue weighted by Gasteiger charge is 2.06. The Morgan fingerprint density at radius 2 is 1.67 bits per heavy atom. The maximum atomic E-state index is 12.1. The van der Waals surface area contributed by atoms with E-state index in [1.165, 1.54) is 0 Å². The molecule has 0 aromatic heterocycles. The zero-order chi connectivity index (χ0) is 17.5. The fourth-order valence-corrected chi connectivity index (χ4v) is 2.29. The number of nitrogens with one attached hydrogen (secondary N) is 3. The number of rotatable bonds is 6. The molecule has 5 nitrogen and oxygen atoms in total. The lowest BCUT2D eigenvalue weighted by Gasteiger charge is -2.11. The fraction of sp³-hybridized carbons (Fsp3) is 0.263. The Kier molecular flexibility index (Phi) is 5.95. The molecular formula is C19H23N3O2. The lowest BCUT2D eigenvalue weighted by molar-refractivity contribution is -0.116. The van der Waals surface area contributed by atoms with Gasteiger partial charge >= 0.3 is 0 Å². The van der Waals surface area contributed by atoms with E-state index in [0.29, 0.717) is 12.1 Å². The Morgan fingerprint density at radius 1 is 0.917 bits per heavy atom. The van der Waals surface area contributed by atoms with Crippen LogP contribution in [0.1, 0.15) is 24.5 Å². The van der Waals surface area contributed by atoms with Crippen LogP contribution in [-0.2, 0) is 9.59 Å². The molecule has 0 aliphatic rings. The first-order chi connectivity index (χ1) is 11.5. The largest absolute Gasteiger partial charge is 0.376 e. The second-order valence-corrected chi connectivity index (χ2v) is 5.70. The van der Waals surface area contributed by atoms with E-state index in [1.807, 2.05) is 50.2 Å². The summed E-state index contributed by atoms with van der Waals surface area (Å²) in [4.78, 5) is 23.5. The van der Waals surface area contributed by atoms with Crippen LogP contribution in [0, 0.1) is 13.8 Å². The van der Waals surface area contributed by atoms with Crippen molar-refractivity contribution in [1.29, 1.82) is 0 Å². The minimum atomic E-state index is -0.120. The van der Waals surface area contributed by atoms with Crippen molar-refractivity contribution in [3.8, 4) is 0 Å². The van der Waals surface area contributed by atoms with Crippen molar-refractivity contribution in [1.82, 2.24) is 0 Å². The third-order valence-corrected chi connectivity index (χ3v) is 3.58. The minimum Gasteiger partial charge on any atom is -0.376 e. The first-order valence-corrected chi connectivity index (χ1v) is 7.99. The van der Waals surface area contributed by atoms with Gasteiger partial charge in [-0.05, 0) is 43.7 Å². The molecule has 2 aromatic carbocycles. The summed E-state index contributed by atoms with van der Waals surface area (Å²) in [5.74, 6) is -0.162. The van der Waals surface area contributed by atoms with E-state index in [0.717, 1.165) is 22.5 Å². The van der Waals surface area contributed by atoms with E-state index in [9.17, 15) is 9.59 Å². The highest BCUT2D eigenvalue weighted by molar-refractivity contribution is 5.95. The molecule has 0 aliphatic carbocycles. The van der Waals surface area contributed by atoms with E-state index in [1.54, 1.807) is 13.0 Å². The summed E-state index contributed by atoms with van der Waals surface area (Å²) in [6, 6.07) is 13.2. The molecule has 126 valence electrons. The van der Waals surface area contributed by atoms with Crippen molar-refractivity contribution in [2.24, 2.45) is 0 Å². The molecule has 24 heavy (non-hydrogen) atoms. The van der Waals surface area contributed by atoms with Crippen LogP contribution in [0.4, 0.5) is 17.1 Å². The molecule has 2 amide bonds. The van der Waals surface area contributed by atoms with Gasteiger partial charge < -0.3 is 16.0 Å². The summed E-state index contributed by atoms with van der Waals surface area (Å²) < 4.78 is 0. The number of carbonyl (C=O) groups is 2. The van der Waals surface area contributed by atoms with Crippen LogP contribution in [0.5, 0.6) is 0 Å². The molecule has 0 aliphatic heterocycles. The summed E-state index contributed by atoms with van der Waals surface area (Å²) in [7, 11) is 0. The van der Waals surface area contributed by atoms with Crippen molar-refractivity contribution in [3.63, 3.8) is 0 Å². The third-order valence-electron chi connectivity index (χ3n) is 3.58. The van der Waals surface area contributed by atoms with Crippen LogP contribution in [0.25, 0.3) is 0 Å². The van der Waals surface area contributed by atoms with E-state index in [2.05, 4.69) is 16.0 Å². The van der Waals surface area contributed by atoms with Crippen molar-refractivity contribution in [2.75, 3.05) is 22.5 Å². The highest BCUT2D eigenvalue weighted by atomic mass is 16.2. The summed E-state index contributed by atoms with van der Waals surface area (Å²) in [6.07, 6.45) is 0.427. The van der Waals surface area contributed by atoms with Gasteiger partial charge in [0.25, 0.3) is 0 Å². The van der Waals surface area contributed by atoms with E-state index < -0.39 is 0 Å². The quantitative estimate of drug-likeness (QED) is 0.758. The van der Waals surface area contributed by atoms with Crippen molar-refractivity contribution >= 4 is 28.9 Å². The van der Waals surface area contributed by atoms with Gasteiger partial charge in [0.1, 0.15) is 0 Å². The van der Waals surface area contributed by atoms with Crippen LogP contribution in [0.15, 0.2) is 42.5 Å². The Bertz CT molecular complexity index is 741. The number of benzene rings is 2. The monoisotopic (exact) mass is 325 g/mol. The second kappa shape index (κ2) is 8.15. The number of aryl methyl sites for hydroxylation is 2. The second-order valence-electron chi connectivity index (χ2n) is 5.70. The van der Waals surface area contributed by atoms with Gasteiger partial charge in [0.05, 0.1) is 6.54 Å². The van der Waals surface area contributed by atoms with Crippen molar-refractivity contribution in [3.05, 3.63) is 53.6 Å². The van der Waals surface area contributed by atoms with Crippen molar-refractivity contribution < 1.29 is 9.59 Å². The summed E-state index contributed by atoms with van der Waals surface area (Å²) in [5.41, 5.74) is 4.50. The van der Waals surface area contributed by atoms with Gasteiger partial charge in [-0.1, -0.05) is 30.7 Å². The molecule has 0 saturated heterocycles. The molecule has 2 aromatic rings. The Hall–Kier alpha value is -2.82. The molecule has 0 spiro atoms. The maximum absolute atomic E-state index is 12.1. The van der Waals surface area contributed by atoms with Crippen LogP contribution in [0.2, 0.25) is 0 Å². The smallest absolute Gasteiger partial charge is 0.243 e. The minimum absolute atomic E-state index is 0.0419. The molecule has 0 radical (unpaired) electrons. The normalized spacial score (nSPS) is 10.1. The molecule has 0 unspecified atom stereocenters. The summed E-state index contributed by atoms with van der Waals surface area (Å²) in [6.45, 7) is 5.94. The predicted octanol–water partition coefficient (Wildman–Crippen LogP) is 3.70. The fourth-order valence-electron chi connectivity index (χ4n) is 2.29. The van der Waals surface area contributed by atoms with Gasteiger partial charge in [0, 0.05) is 23.5 Å². The predicted molar refractivity (Wildman–Crippen MR) is 98.4 cm³/mol. The maximum Gasteiger partial charge on any atom is 0.243 e. The van der Waals surface area contributed by atoms with E-state index >= 15 is 0 Å². The highest BCUT2D eigenvalue weighted by Crippen LogP contribution is 2.17. The first kappa shape index (κ1) is 17.5. The third kappa shape index (κ3) is 5.12. The Morgan fingerprint density at radius 3 is 2.38 bits per heavy atom. The zero-order valence-corrected chi connectivity index (χ0v) is 14.3. The lowest BCUT2D eigenvalue weighted by atomic mass is 10.1. The van der Waals surface area contributed by atoms with Gasteiger partial charge in [0.15, 0.2) is 0 Å². The Labute approximate surface area is 142 Å². The van der Waals surface area contributed by atoms with Crippen LogP contribution in [-0.4, -0.2) is 18.4 Å². The van der Waals surface area contributed by atoms with E-state index in [4.69, 9.17) is 0 Å². The molecule has 0 atom stereocenters. The zero-order valence-electron chi connectivity index (χ0n) is 14.3. The van der Waals surface area contributed by atoms with Crippen LogP contribution >= 0.6 is 0 Å². The Balaban J connectivity index is 1.91. The summed E-state index contributed by atoms with van der Waals surface area (Å²) >= 11 is 0. The van der Waals surface area contributed by atoms with Crippen LogP contribution in [0.3, 0.4) is 0 Å². The van der Waals surface area contributed by atoms with Crippen molar-refractivity contribution in [2.45, 2.75) is 27.2 Å². The molecule has 0 heterocycles. The van der Waals surface area contributed by atoms with Gasteiger partial charge in [-0.2, -0.15) is 0 Å². The molecular weight excluding hydrogens is 302 g/mol. The summed E-state index contributed by atoms with van der Waals surface area (Å²) in [5, 5.41) is 8.75. The average molecular weight is 325 g/mol. The average Bonchev–Trinajstić information content (AvgIpc) is 2.56. The number of amides is 2. The molecule has 5 heteroatoms. The van der Waals surface area contributed by atoms with Gasteiger partial charge in [-0.25, -0.2) is 0 Å². The number of hydrogen-bond acceptors (Lipinski definition) is 3. The molecule has 0 fully saturated rings. The van der Waals surface area contributed by atoms with Gasteiger partial charge in [-0.15, -0.1) is 0 Å². The van der Waals surface area contributed by atoms with Crippen LogP contribution < -0.4 is 16.0 Å². The topological polar surface area (TPSA) is 70.2 Å². The van der Waals surface area contributed by atoms with Gasteiger partial charge in [-0.3, -0.25) is 9.59 Å². The molecule has 2 rings (SSSR count). The molecule has 0 saturated carbocycles. The molecule has 0 bridgehead atoms. The number of anilines is 3. The first-order valence-electron chi connectivity index (χ1n) is 7.99. The SMILES string of the molecule is CCC(=O)Nc1cccc(NCC(=O)Nc2ccc(C)cc2C)c1. The van der Waals surface area contributed by atoms with Gasteiger partial charge in [0.2, 0.25) is 11.8 Å². The number of carbonyl (C=O) groups excluding carboxylic acids is 2. The lowest BCUT2D eigenvalue weighted by Crippen LogP contribution is -2.22. The number of hydrogen-bond donors (Lipinski definition) is 3. The standard InChI is InChI=1S/C19H23N3O2/c1-4-18(23)21-16-7-5-6-15(11-16)20-12-19(24)22-17-9-8-13(2)10-14(17)3/h5-11,20H,4,12H2,1-3H3,(H,21,23)(H,22,24).